The number of carbonyl (C=O) groups excluding carboxylic acids is 2. The summed E-state index contributed by atoms with van der Waals surface area (Å²) < 4.78 is 13.3. The third-order valence-electron chi connectivity index (χ3n) is 3.10. The number of hydrogen-bond acceptors (Lipinski definition) is 3. The molecule has 0 radical (unpaired) electrons. The zero-order chi connectivity index (χ0) is 13.7. The van der Waals surface area contributed by atoms with Crippen molar-refractivity contribution in [2.45, 2.75) is 19.3 Å². The van der Waals surface area contributed by atoms with E-state index in [1.165, 1.54) is 12.3 Å². The van der Waals surface area contributed by atoms with E-state index in [0.717, 1.165) is 32.1 Å². The summed E-state index contributed by atoms with van der Waals surface area (Å²) in [7, 11) is 0. The van der Waals surface area contributed by atoms with Gasteiger partial charge in [0.05, 0.1) is 11.8 Å². The van der Waals surface area contributed by atoms with Gasteiger partial charge in [-0.15, -0.1) is 0 Å². The van der Waals surface area contributed by atoms with Crippen LogP contribution in [0.1, 0.15) is 29.6 Å². The lowest BCUT2D eigenvalue weighted by Gasteiger charge is -2.15. The Morgan fingerprint density at radius 3 is 2.79 bits per heavy atom. The van der Waals surface area contributed by atoms with Crippen LogP contribution in [0.2, 0.25) is 0 Å². The molecule has 1 aliphatic heterocycles. The molecule has 0 unspecified atom stereocenters. The molecule has 0 aromatic carbocycles. The summed E-state index contributed by atoms with van der Waals surface area (Å²) in [4.78, 5) is 28.7. The molecule has 1 N–H and O–H groups in total. The van der Waals surface area contributed by atoms with Gasteiger partial charge < -0.3 is 10.2 Å². The van der Waals surface area contributed by atoms with Gasteiger partial charge in [-0.1, -0.05) is 0 Å². The van der Waals surface area contributed by atoms with E-state index in [1.54, 1.807) is 4.90 Å². The SMILES string of the molecule is O=C(NCCC(=O)N1CCCC1)c1ccncc1F. The number of amides is 2. The molecule has 0 saturated carbocycles. The summed E-state index contributed by atoms with van der Waals surface area (Å²) in [6, 6.07) is 1.31. The average molecular weight is 265 g/mol. The Hall–Kier alpha value is -1.98. The predicted molar refractivity (Wildman–Crippen MR) is 67.0 cm³/mol. The van der Waals surface area contributed by atoms with Crippen LogP contribution in [0.4, 0.5) is 4.39 Å². The van der Waals surface area contributed by atoms with Gasteiger partial charge in [0.1, 0.15) is 0 Å². The van der Waals surface area contributed by atoms with Gasteiger partial charge in [0, 0.05) is 32.3 Å². The lowest BCUT2D eigenvalue weighted by Crippen LogP contribution is -2.33. The van der Waals surface area contributed by atoms with Crippen LogP contribution in [-0.4, -0.2) is 41.3 Å². The smallest absolute Gasteiger partial charge is 0.254 e. The second-order valence-electron chi connectivity index (χ2n) is 4.45. The van der Waals surface area contributed by atoms with Crippen molar-refractivity contribution < 1.29 is 14.0 Å². The van der Waals surface area contributed by atoms with Gasteiger partial charge in [-0.2, -0.15) is 0 Å². The molecule has 0 spiro atoms. The van der Waals surface area contributed by atoms with Crippen molar-refractivity contribution in [2.75, 3.05) is 19.6 Å². The molecule has 1 aromatic rings. The summed E-state index contributed by atoms with van der Waals surface area (Å²) in [6.45, 7) is 1.81. The average Bonchev–Trinajstić information content (AvgIpc) is 2.93. The third kappa shape index (κ3) is 3.49. The molecule has 1 fully saturated rings. The minimum absolute atomic E-state index is 0.0352. The number of halogens is 1. The maximum Gasteiger partial charge on any atom is 0.254 e. The van der Waals surface area contributed by atoms with Crippen LogP contribution >= 0.6 is 0 Å². The van der Waals surface area contributed by atoms with Crippen molar-refractivity contribution in [3.63, 3.8) is 0 Å². The van der Waals surface area contributed by atoms with Gasteiger partial charge in [-0.25, -0.2) is 4.39 Å². The Labute approximate surface area is 110 Å². The summed E-state index contributed by atoms with van der Waals surface area (Å²) in [5, 5.41) is 2.54. The molecule has 5 nitrogen and oxygen atoms in total. The zero-order valence-corrected chi connectivity index (χ0v) is 10.6. The van der Waals surface area contributed by atoms with E-state index < -0.39 is 11.7 Å². The third-order valence-corrected chi connectivity index (χ3v) is 3.10. The summed E-state index contributed by atoms with van der Waals surface area (Å²) in [5.74, 6) is -1.15. The topological polar surface area (TPSA) is 62.3 Å². The van der Waals surface area contributed by atoms with Gasteiger partial charge in [0.25, 0.3) is 5.91 Å². The standard InChI is InChI=1S/C13H16FN3O2/c14-11-9-15-5-3-10(11)13(19)16-6-4-12(18)17-7-1-2-8-17/h3,5,9H,1-2,4,6-8H2,(H,16,19). The predicted octanol–water partition coefficient (Wildman–Crippen LogP) is 0.963. The Morgan fingerprint density at radius 2 is 2.11 bits per heavy atom. The second kappa shape index (κ2) is 6.26. The number of rotatable bonds is 4. The van der Waals surface area contributed by atoms with Crippen molar-refractivity contribution in [3.05, 3.63) is 29.8 Å². The first-order valence-electron chi connectivity index (χ1n) is 6.34. The maximum atomic E-state index is 13.3. The van der Waals surface area contributed by atoms with E-state index in [4.69, 9.17) is 0 Å². The highest BCUT2D eigenvalue weighted by Gasteiger charge is 2.18. The minimum atomic E-state index is -0.661. The van der Waals surface area contributed by atoms with E-state index in [9.17, 15) is 14.0 Å². The monoisotopic (exact) mass is 265 g/mol. The fraction of sp³-hybridized carbons (Fsp3) is 0.462. The Bertz CT molecular complexity index is 473. The number of pyridine rings is 1. The van der Waals surface area contributed by atoms with Gasteiger partial charge >= 0.3 is 0 Å². The summed E-state index contributed by atoms with van der Waals surface area (Å²) >= 11 is 0. The number of aromatic nitrogens is 1. The quantitative estimate of drug-likeness (QED) is 0.882. The van der Waals surface area contributed by atoms with Crippen LogP contribution in [0.5, 0.6) is 0 Å². The summed E-state index contributed by atoms with van der Waals surface area (Å²) in [6.07, 6.45) is 4.68. The lowest BCUT2D eigenvalue weighted by molar-refractivity contribution is -0.129. The first-order valence-corrected chi connectivity index (χ1v) is 6.34. The molecule has 2 heterocycles. The van der Waals surface area contributed by atoms with Crippen molar-refractivity contribution in [1.29, 1.82) is 0 Å². The fourth-order valence-electron chi connectivity index (χ4n) is 2.06. The van der Waals surface area contributed by atoms with Crippen molar-refractivity contribution in [3.8, 4) is 0 Å². The number of likely N-dealkylation sites (tertiary alicyclic amines) is 1. The molecule has 1 aliphatic rings. The van der Waals surface area contributed by atoms with Crippen LogP contribution < -0.4 is 5.32 Å². The molecule has 1 saturated heterocycles. The highest BCUT2D eigenvalue weighted by molar-refractivity contribution is 5.94. The second-order valence-corrected chi connectivity index (χ2v) is 4.45. The Balaban J connectivity index is 1.78. The van der Waals surface area contributed by atoms with E-state index >= 15 is 0 Å². The number of hydrogen-bond donors (Lipinski definition) is 1. The summed E-state index contributed by atoms with van der Waals surface area (Å²) in [5.41, 5.74) is -0.0522. The first kappa shape index (κ1) is 13.5. The molecule has 0 atom stereocenters. The normalized spacial score (nSPS) is 14.5. The highest BCUT2D eigenvalue weighted by atomic mass is 19.1. The van der Waals surface area contributed by atoms with Crippen molar-refractivity contribution in [1.82, 2.24) is 15.2 Å². The molecular formula is C13H16FN3O2. The largest absolute Gasteiger partial charge is 0.351 e. The van der Waals surface area contributed by atoms with E-state index in [0.29, 0.717) is 0 Å². The highest BCUT2D eigenvalue weighted by Crippen LogP contribution is 2.08. The van der Waals surface area contributed by atoms with Crippen LogP contribution in [0, 0.1) is 5.82 Å². The van der Waals surface area contributed by atoms with Gasteiger partial charge in [0.2, 0.25) is 5.91 Å². The molecule has 0 bridgehead atoms. The minimum Gasteiger partial charge on any atom is -0.351 e. The van der Waals surface area contributed by atoms with E-state index in [-0.39, 0.29) is 24.4 Å². The van der Waals surface area contributed by atoms with E-state index in [2.05, 4.69) is 10.3 Å². The van der Waals surface area contributed by atoms with Crippen molar-refractivity contribution in [2.24, 2.45) is 0 Å². The van der Waals surface area contributed by atoms with Gasteiger partial charge in [0.15, 0.2) is 5.82 Å². The molecule has 1 aromatic heterocycles. The molecule has 0 aliphatic carbocycles. The number of carbonyl (C=O) groups is 2. The molecule has 19 heavy (non-hydrogen) atoms. The van der Waals surface area contributed by atoms with Crippen LogP contribution in [0.25, 0.3) is 0 Å². The molecular weight excluding hydrogens is 249 g/mol. The lowest BCUT2D eigenvalue weighted by atomic mass is 10.2. The first-order chi connectivity index (χ1) is 9.18. The number of nitrogens with one attached hydrogen (secondary N) is 1. The Kier molecular flexibility index (Phi) is 4.43. The molecule has 2 amide bonds. The fourth-order valence-corrected chi connectivity index (χ4v) is 2.06. The Morgan fingerprint density at radius 1 is 1.37 bits per heavy atom. The van der Waals surface area contributed by atoms with Gasteiger partial charge in [-0.05, 0) is 18.9 Å². The van der Waals surface area contributed by atoms with Gasteiger partial charge in [-0.3, -0.25) is 14.6 Å². The zero-order valence-electron chi connectivity index (χ0n) is 10.6. The molecule has 2 rings (SSSR count). The number of nitrogens with zero attached hydrogens (tertiary/aromatic N) is 2. The van der Waals surface area contributed by atoms with Crippen LogP contribution in [0.15, 0.2) is 18.5 Å². The molecule has 6 heteroatoms. The maximum absolute atomic E-state index is 13.3. The van der Waals surface area contributed by atoms with E-state index in [1.807, 2.05) is 0 Å². The van der Waals surface area contributed by atoms with Crippen LogP contribution in [0.3, 0.4) is 0 Å². The molecule has 102 valence electrons. The van der Waals surface area contributed by atoms with Crippen molar-refractivity contribution >= 4 is 11.8 Å². The van der Waals surface area contributed by atoms with Crippen LogP contribution in [-0.2, 0) is 4.79 Å².